The van der Waals surface area contributed by atoms with E-state index in [-0.39, 0.29) is 40.8 Å². The average molecular weight is 425 g/mol. The number of nitrogens with one attached hydrogen (secondary N) is 1. The first-order chi connectivity index (χ1) is 14.7. The van der Waals surface area contributed by atoms with Gasteiger partial charge < -0.3 is 25.6 Å². The number of nitrogens with zero attached hydrogens (tertiary/aromatic N) is 3. The number of carbonyl (C=O) groups is 2. The summed E-state index contributed by atoms with van der Waals surface area (Å²) in [5.41, 5.74) is 7.20. The van der Waals surface area contributed by atoms with Gasteiger partial charge in [-0.3, -0.25) is 14.4 Å². The van der Waals surface area contributed by atoms with Crippen LogP contribution in [-0.2, 0) is 0 Å². The molecule has 1 aromatic carbocycles. The van der Waals surface area contributed by atoms with Crippen LogP contribution in [0.5, 0.6) is 5.75 Å². The number of aryl methyl sites for hydroxylation is 1. The molecule has 9 nitrogen and oxygen atoms in total. The summed E-state index contributed by atoms with van der Waals surface area (Å²) in [6, 6.07) is 4.15. The molecule has 2 amide bonds. The van der Waals surface area contributed by atoms with Crippen molar-refractivity contribution in [3.63, 3.8) is 0 Å². The topological polar surface area (TPSA) is 133 Å². The van der Waals surface area contributed by atoms with Crippen LogP contribution in [0.1, 0.15) is 51.5 Å². The average Bonchev–Trinajstić information content (AvgIpc) is 3.38. The van der Waals surface area contributed by atoms with E-state index in [0.717, 1.165) is 19.3 Å². The second kappa shape index (κ2) is 8.05. The second-order valence-corrected chi connectivity index (χ2v) is 8.43. The van der Waals surface area contributed by atoms with Crippen molar-refractivity contribution in [1.29, 1.82) is 0 Å². The van der Waals surface area contributed by atoms with E-state index < -0.39 is 0 Å². The quantitative estimate of drug-likeness (QED) is 0.638. The summed E-state index contributed by atoms with van der Waals surface area (Å²) >= 11 is 0. The number of likely N-dealkylation sites (tertiary alicyclic amines) is 2. The molecule has 2 saturated heterocycles. The van der Waals surface area contributed by atoms with Crippen LogP contribution in [0.2, 0.25) is 0 Å². The second-order valence-electron chi connectivity index (χ2n) is 8.43. The molecule has 3 heterocycles. The normalized spacial score (nSPS) is 21.0. The van der Waals surface area contributed by atoms with Gasteiger partial charge >= 0.3 is 0 Å². The molecule has 0 spiro atoms. The monoisotopic (exact) mass is 425 g/mol. The smallest absolute Gasteiger partial charge is 0.272 e. The van der Waals surface area contributed by atoms with Gasteiger partial charge in [-0.05, 0) is 50.7 Å². The van der Waals surface area contributed by atoms with E-state index in [9.17, 15) is 19.5 Å². The molecule has 2 aliphatic heterocycles. The summed E-state index contributed by atoms with van der Waals surface area (Å²) in [5, 5.41) is 9.91. The van der Waals surface area contributed by atoms with Crippen molar-refractivity contribution >= 4 is 17.5 Å². The highest BCUT2D eigenvalue weighted by atomic mass is 16.3. The standard InChI is InChI=1S/C22H27N5O4/c1-12-16(8-15(28)9-17(12)23)21(30)27-6-3-4-19(27)14-5-7-26(11-14)22(31)18-10-20(29)25-13(2)24-18/h8-10,14,19,28H,3-7,11,23H2,1-2H3,(H,24,25,29). The number of phenolic OH excluding ortho intramolecular Hbond substituents is 1. The van der Waals surface area contributed by atoms with E-state index in [1.165, 1.54) is 18.2 Å². The number of aromatic nitrogens is 2. The maximum Gasteiger partial charge on any atom is 0.272 e. The highest BCUT2D eigenvalue weighted by Gasteiger charge is 2.40. The lowest BCUT2D eigenvalue weighted by molar-refractivity contribution is 0.0679. The van der Waals surface area contributed by atoms with E-state index in [1.54, 1.807) is 18.7 Å². The summed E-state index contributed by atoms with van der Waals surface area (Å²) in [5.74, 6) is 0.122. The zero-order valence-corrected chi connectivity index (χ0v) is 17.7. The molecule has 2 aliphatic rings. The van der Waals surface area contributed by atoms with Crippen LogP contribution in [0.25, 0.3) is 0 Å². The molecule has 0 radical (unpaired) electrons. The summed E-state index contributed by atoms with van der Waals surface area (Å²) < 4.78 is 0. The molecule has 0 bridgehead atoms. The van der Waals surface area contributed by atoms with Crippen molar-refractivity contribution < 1.29 is 14.7 Å². The molecular weight excluding hydrogens is 398 g/mol. The molecule has 4 N–H and O–H groups in total. The van der Waals surface area contributed by atoms with Crippen molar-refractivity contribution in [2.24, 2.45) is 5.92 Å². The number of nitrogens with two attached hydrogens (primary N) is 1. The number of phenols is 1. The number of rotatable bonds is 3. The molecule has 2 fully saturated rings. The number of carbonyl (C=O) groups excluding carboxylic acids is 2. The van der Waals surface area contributed by atoms with Gasteiger partial charge in [-0.2, -0.15) is 0 Å². The van der Waals surface area contributed by atoms with E-state index in [1.807, 2.05) is 4.90 Å². The van der Waals surface area contributed by atoms with Gasteiger partial charge in [-0.25, -0.2) is 4.98 Å². The molecule has 0 aliphatic carbocycles. The van der Waals surface area contributed by atoms with E-state index in [2.05, 4.69) is 9.97 Å². The van der Waals surface area contributed by atoms with E-state index >= 15 is 0 Å². The number of hydrogen-bond acceptors (Lipinski definition) is 6. The van der Waals surface area contributed by atoms with Crippen LogP contribution in [0.15, 0.2) is 23.0 Å². The lowest BCUT2D eigenvalue weighted by Crippen LogP contribution is -2.42. The molecule has 1 aromatic heterocycles. The van der Waals surface area contributed by atoms with Crippen LogP contribution in [-0.4, -0.2) is 62.4 Å². The highest BCUT2D eigenvalue weighted by molar-refractivity contribution is 5.98. The predicted molar refractivity (Wildman–Crippen MR) is 115 cm³/mol. The van der Waals surface area contributed by atoms with Gasteiger partial charge in [-0.1, -0.05) is 0 Å². The minimum atomic E-state index is -0.347. The zero-order valence-electron chi connectivity index (χ0n) is 17.7. The fourth-order valence-electron chi connectivity index (χ4n) is 4.77. The maximum absolute atomic E-state index is 13.3. The van der Waals surface area contributed by atoms with Crippen molar-refractivity contribution in [3.05, 3.63) is 51.2 Å². The number of hydrogen-bond donors (Lipinski definition) is 3. The first-order valence-electron chi connectivity index (χ1n) is 10.5. The fourth-order valence-corrected chi connectivity index (χ4v) is 4.77. The third kappa shape index (κ3) is 3.99. The van der Waals surface area contributed by atoms with Crippen molar-refractivity contribution in [3.8, 4) is 5.75 Å². The summed E-state index contributed by atoms with van der Waals surface area (Å²) in [6.07, 6.45) is 2.54. The summed E-state index contributed by atoms with van der Waals surface area (Å²) in [7, 11) is 0. The molecule has 0 saturated carbocycles. The molecule has 2 unspecified atom stereocenters. The Morgan fingerprint density at radius 2 is 1.94 bits per heavy atom. The van der Waals surface area contributed by atoms with Gasteiger partial charge in [0.05, 0.1) is 0 Å². The van der Waals surface area contributed by atoms with Gasteiger partial charge in [0.25, 0.3) is 17.4 Å². The SMILES string of the molecule is Cc1nc(C(=O)N2CCC(C3CCCN3C(=O)c3cc(O)cc(N)c3C)C2)cc(=O)[nH]1. The third-order valence-electron chi connectivity index (χ3n) is 6.36. The van der Waals surface area contributed by atoms with Crippen LogP contribution < -0.4 is 11.3 Å². The number of H-pyrrole nitrogens is 1. The van der Waals surface area contributed by atoms with Crippen molar-refractivity contribution in [2.75, 3.05) is 25.4 Å². The van der Waals surface area contributed by atoms with Crippen LogP contribution in [0.3, 0.4) is 0 Å². The molecule has 9 heteroatoms. The Morgan fingerprint density at radius 3 is 2.68 bits per heavy atom. The third-order valence-corrected chi connectivity index (χ3v) is 6.36. The lowest BCUT2D eigenvalue weighted by atomic mass is 9.95. The van der Waals surface area contributed by atoms with Gasteiger partial charge in [0.2, 0.25) is 0 Å². The predicted octanol–water partition coefficient (Wildman–Crippen LogP) is 1.44. The van der Waals surface area contributed by atoms with E-state index in [4.69, 9.17) is 5.73 Å². The summed E-state index contributed by atoms with van der Waals surface area (Å²) in [6.45, 7) is 5.14. The summed E-state index contributed by atoms with van der Waals surface area (Å²) in [4.78, 5) is 48.1. The number of aromatic hydroxyl groups is 1. The number of aromatic amines is 1. The number of benzene rings is 1. The number of amides is 2. The van der Waals surface area contributed by atoms with Crippen molar-refractivity contribution in [2.45, 2.75) is 39.2 Å². The van der Waals surface area contributed by atoms with Gasteiger partial charge in [0.1, 0.15) is 17.3 Å². The molecule has 2 aromatic rings. The molecular formula is C22H27N5O4. The molecule has 31 heavy (non-hydrogen) atoms. The lowest BCUT2D eigenvalue weighted by Gasteiger charge is -2.30. The van der Waals surface area contributed by atoms with Gasteiger partial charge in [0, 0.05) is 49.1 Å². The Kier molecular flexibility index (Phi) is 5.43. The van der Waals surface area contributed by atoms with Crippen LogP contribution >= 0.6 is 0 Å². The minimum absolute atomic E-state index is 0.0159. The molecule has 164 valence electrons. The Bertz CT molecular complexity index is 1100. The zero-order chi connectivity index (χ0) is 22.3. The molecule has 4 rings (SSSR count). The minimum Gasteiger partial charge on any atom is -0.508 e. The fraction of sp³-hybridized carbons (Fsp3) is 0.455. The maximum atomic E-state index is 13.3. The Hall–Kier alpha value is -3.36. The van der Waals surface area contributed by atoms with Crippen LogP contribution in [0, 0.1) is 19.8 Å². The van der Waals surface area contributed by atoms with Crippen LogP contribution in [0.4, 0.5) is 5.69 Å². The number of nitrogen functional groups attached to an aromatic ring is 1. The largest absolute Gasteiger partial charge is 0.508 e. The highest BCUT2D eigenvalue weighted by Crippen LogP contribution is 2.33. The van der Waals surface area contributed by atoms with Gasteiger partial charge in [0.15, 0.2) is 0 Å². The van der Waals surface area contributed by atoms with Crippen molar-refractivity contribution in [1.82, 2.24) is 19.8 Å². The Balaban J connectivity index is 1.50. The first-order valence-corrected chi connectivity index (χ1v) is 10.5. The number of anilines is 1. The Morgan fingerprint density at radius 1 is 1.16 bits per heavy atom. The molecule has 2 atom stereocenters. The Labute approximate surface area is 179 Å². The van der Waals surface area contributed by atoms with Gasteiger partial charge in [-0.15, -0.1) is 0 Å². The first kappa shape index (κ1) is 20.9. The van der Waals surface area contributed by atoms with E-state index in [0.29, 0.717) is 42.3 Å².